The van der Waals surface area contributed by atoms with Crippen LogP contribution in [0.2, 0.25) is 0 Å². The van der Waals surface area contributed by atoms with Crippen LogP contribution in [0.4, 0.5) is 11.0 Å². The summed E-state index contributed by atoms with van der Waals surface area (Å²) in [6.07, 6.45) is 1.50. The Morgan fingerprint density at radius 3 is 2.59 bits per heavy atom. The van der Waals surface area contributed by atoms with Crippen LogP contribution in [0.15, 0.2) is 51.2 Å². The second-order valence-corrected chi connectivity index (χ2v) is 9.74. The molecule has 0 bridgehead atoms. The van der Waals surface area contributed by atoms with E-state index in [0.29, 0.717) is 38.0 Å². The van der Waals surface area contributed by atoms with Crippen LogP contribution in [-0.2, 0) is 14.8 Å². The zero-order valence-corrected chi connectivity index (χ0v) is 18.8. The average molecular weight is 473 g/mol. The van der Waals surface area contributed by atoms with Gasteiger partial charge in [0.15, 0.2) is 11.0 Å². The third-order valence-electron chi connectivity index (χ3n) is 4.98. The SMILES string of the molecule is Cc1nc(C#N)c(N2CCN(C(=O)CN(c3nccs3)S(=O)(=O)c3ccccc3)CC2)o1. The molecule has 1 aliphatic rings. The molecule has 10 nitrogen and oxygen atoms in total. The summed E-state index contributed by atoms with van der Waals surface area (Å²) in [5.41, 5.74) is 0.214. The monoisotopic (exact) mass is 472 g/mol. The summed E-state index contributed by atoms with van der Waals surface area (Å²) in [5, 5.41) is 11.1. The van der Waals surface area contributed by atoms with Crippen LogP contribution < -0.4 is 9.21 Å². The van der Waals surface area contributed by atoms with E-state index < -0.39 is 10.0 Å². The molecule has 0 spiro atoms. The van der Waals surface area contributed by atoms with Crippen LogP contribution in [0.5, 0.6) is 0 Å². The van der Waals surface area contributed by atoms with E-state index in [1.54, 1.807) is 35.4 Å². The molecule has 0 unspecified atom stereocenters. The molecule has 1 fully saturated rings. The van der Waals surface area contributed by atoms with Crippen LogP contribution in [0.25, 0.3) is 0 Å². The molecule has 0 N–H and O–H groups in total. The number of nitriles is 1. The third kappa shape index (κ3) is 4.30. The lowest BCUT2D eigenvalue weighted by Gasteiger charge is -2.35. The van der Waals surface area contributed by atoms with Crippen molar-refractivity contribution in [3.8, 4) is 6.07 Å². The molecular weight excluding hydrogens is 452 g/mol. The lowest BCUT2D eigenvalue weighted by Crippen LogP contribution is -2.52. The standard InChI is InChI=1S/C20H20N6O4S2/c1-15-23-17(13-21)19(30-15)25-10-8-24(9-11-25)18(27)14-26(20-22-7-12-31-20)32(28,29)16-5-3-2-4-6-16/h2-7,12H,8-11,14H2,1H3. The summed E-state index contributed by atoms with van der Waals surface area (Å²) in [5.74, 6) is 0.474. The van der Waals surface area contributed by atoms with Gasteiger partial charge in [-0.05, 0) is 12.1 Å². The molecule has 32 heavy (non-hydrogen) atoms. The minimum atomic E-state index is -3.95. The van der Waals surface area contributed by atoms with E-state index in [1.165, 1.54) is 18.3 Å². The number of carbonyl (C=O) groups is 1. The van der Waals surface area contributed by atoms with Crippen molar-refractivity contribution in [2.24, 2.45) is 0 Å². The molecule has 0 radical (unpaired) electrons. The molecule has 0 aliphatic carbocycles. The number of aryl methyl sites for hydroxylation is 1. The second-order valence-electron chi connectivity index (χ2n) is 7.01. The minimum absolute atomic E-state index is 0.0949. The van der Waals surface area contributed by atoms with Gasteiger partial charge in [0, 0.05) is 44.7 Å². The number of piperazine rings is 1. The Kier molecular flexibility index (Phi) is 6.11. The molecule has 1 saturated heterocycles. The lowest BCUT2D eigenvalue weighted by atomic mass is 10.3. The highest BCUT2D eigenvalue weighted by molar-refractivity contribution is 7.93. The van der Waals surface area contributed by atoms with Crippen molar-refractivity contribution in [1.82, 2.24) is 14.9 Å². The van der Waals surface area contributed by atoms with E-state index in [-0.39, 0.29) is 28.2 Å². The maximum Gasteiger partial charge on any atom is 0.266 e. The van der Waals surface area contributed by atoms with Crippen molar-refractivity contribution < 1.29 is 17.6 Å². The van der Waals surface area contributed by atoms with Gasteiger partial charge in [0.2, 0.25) is 17.5 Å². The Hall–Kier alpha value is -3.43. The second kappa shape index (κ2) is 8.97. The maximum atomic E-state index is 13.2. The van der Waals surface area contributed by atoms with Gasteiger partial charge in [-0.2, -0.15) is 5.26 Å². The molecule has 0 atom stereocenters. The summed E-state index contributed by atoms with van der Waals surface area (Å²) in [6.45, 7) is 2.93. The van der Waals surface area contributed by atoms with Crippen LogP contribution in [0.1, 0.15) is 11.6 Å². The Balaban J connectivity index is 1.49. The molecule has 1 aliphatic heterocycles. The van der Waals surface area contributed by atoms with Crippen LogP contribution in [0.3, 0.4) is 0 Å². The number of hydrogen-bond acceptors (Lipinski definition) is 9. The summed E-state index contributed by atoms with van der Waals surface area (Å²) in [7, 11) is -3.95. The van der Waals surface area contributed by atoms with E-state index in [9.17, 15) is 18.5 Å². The molecule has 12 heteroatoms. The van der Waals surface area contributed by atoms with E-state index in [4.69, 9.17) is 4.42 Å². The first-order valence-corrected chi connectivity index (χ1v) is 12.1. The zero-order chi connectivity index (χ0) is 22.7. The normalized spacial score (nSPS) is 14.2. The van der Waals surface area contributed by atoms with Gasteiger partial charge < -0.3 is 14.2 Å². The first-order chi connectivity index (χ1) is 15.4. The topological polar surface area (TPSA) is 124 Å². The number of carbonyl (C=O) groups excluding carboxylic acids is 1. The van der Waals surface area contributed by atoms with Crippen LogP contribution in [-0.4, -0.2) is 61.9 Å². The largest absolute Gasteiger partial charge is 0.424 e. The number of anilines is 2. The van der Waals surface area contributed by atoms with Crippen molar-refractivity contribution in [3.05, 3.63) is 53.5 Å². The number of nitrogens with zero attached hydrogens (tertiary/aromatic N) is 6. The number of amides is 1. The molecule has 3 aromatic rings. The highest BCUT2D eigenvalue weighted by atomic mass is 32.2. The summed E-state index contributed by atoms with van der Waals surface area (Å²) < 4.78 is 33.0. The van der Waals surface area contributed by atoms with Gasteiger partial charge in [0.05, 0.1) is 4.90 Å². The molecule has 0 saturated carbocycles. The number of rotatable bonds is 6. The first kappa shape index (κ1) is 21.8. The summed E-state index contributed by atoms with van der Waals surface area (Å²) in [4.78, 5) is 24.8. The maximum absolute atomic E-state index is 13.2. The Labute approximate surface area is 189 Å². The molecule has 166 valence electrons. The van der Waals surface area contributed by atoms with E-state index >= 15 is 0 Å². The predicted molar refractivity (Wildman–Crippen MR) is 118 cm³/mol. The first-order valence-electron chi connectivity index (χ1n) is 9.77. The number of oxazole rings is 1. The van der Waals surface area contributed by atoms with Crippen molar-refractivity contribution in [3.63, 3.8) is 0 Å². The van der Waals surface area contributed by atoms with E-state index in [0.717, 1.165) is 15.6 Å². The van der Waals surface area contributed by atoms with Gasteiger partial charge in [-0.3, -0.25) is 4.79 Å². The number of benzene rings is 1. The van der Waals surface area contributed by atoms with Gasteiger partial charge >= 0.3 is 0 Å². The number of hydrogen-bond donors (Lipinski definition) is 0. The molecule has 1 aromatic carbocycles. The van der Waals surface area contributed by atoms with E-state index in [2.05, 4.69) is 9.97 Å². The van der Waals surface area contributed by atoms with Gasteiger partial charge in [-0.15, -0.1) is 11.3 Å². The Morgan fingerprint density at radius 1 is 1.25 bits per heavy atom. The smallest absolute Gasteiger partial charge is 0.266 e. The number of thiazole rings is 1. The van der Waals surface area contributed by atoms with Crippen molar-refractivity contribution in [2.45, 2.75) is 11.8 Å². The molecule has 1 amide bonds. The van der Waals surface area contributed by atoms with Crippen molar-refractivity contribution in [2.75, 3.05) is 41.9 Å². The average Bonchev–Trinajstić information content (AvgIpc) is 3.47. The summed E-state index contributed by atoms with van der Waals surface area (Å²) >= 11 is 1.15. The summed E-state index contributed by atoms with van der Waals surface area (Å²) in [6, 6.07) is 9.99. The Morgan fingerprint density at radius 2 is 1.97 bits per heavy atom. The predicted octanol–water partition coefficient (Wildman–Crippen LogP) is 1.86. The number of sulfonamides is 1. The van der Waals surface area contributed by atoms with Crippen LogP contribution >= 0.6 is 11.3 Å². The fraction of sp³-hybridized carbons (Fsp3) is 0.300. The Bertz CT molecular complexity index is 1230. The van der Waals surface area contributed by atoms with Gasteiger partial charge in [-0.1, -0.05) is 18.2 Å². The van der Waals surface area contributed by atoms with Crippen molar-refractivity contribution >= 4 is 38.3 Å². The number of aromatic nitrogens is 2. The molecule has 3 heterocycles. The zero-order valence-electron chi connectivity index (χ0n) is 17.2. The fourth-order valence-electron chi connectivity index (χ4n) is 3.40. The lowest BCUT2D eigenvalue weighted by molar-refractivity contribution is -0.129. The van der Waals surface area contributed by atoms with Gasteiger partial charge in [0.25, 0.3) is 10.0 Å². The fourth-order valence-corrected chi connectivity index (χ4v) is 5.66. The van der Waals surface area contributed by atoms with Gasteiger partial charge in [-0.25, -0.2) is 22.7 Å². The molecule has 2 aromatic heterocycles. The highest BCUT2D eigenvalue weighted by Gasteiger charge is 2.32. The molecular formula is C20H20N6O4S2. The van der Waals surface area contributed by atoms with Crippen LogP contribution in [0, 0.1) is 18.3 Å². The molecule has 4 rings (SSSR count). The quantitative estimate of drug-likeness (QED) is 0.532. The third-order valence-corrected chi connectivity index (χ3v) is 7.64. The van der Waals surface area contributed by atoms with Crippen molar-refractivity contribution in [1.29, 1.82) is 5.26 Å². The van der Waals surface area contributed by atoms with Gasteiger partial charge in [0.1, 0.15) is 12.6 Å². The minimum Gasteiger partial charge on any atom is -0.424 e. The highest BCUT2D eigenvalue weighted by Crippen LogP contribution is 2.26. The van der Waals surface area contributed by atoms with E-state index in [1.807, 2.05) is 11.0 Å².